The smallest absolute Gasteiger partial charge is 0.127 e. The SMILES string of the molecule is CCCCc1cc2c(cc1O)OC(C)(C(CCC)c1ccc(O)cc1O)CC2(C)C. The predicted octanol–water partition coefficient (Wildman–Crippen LogP) is 6.55. The van der Waals surface area contributed by atoms with E-state index >= 15 is 0 Å². The number of aromatic hydroxyl groups is 3. The number of unbranched alkanes of at least 4 members (excludes halogenated alkanes) is 1. The summed E-state index contributed by atoms with van der Waals surface area (Å²) in [6.07, 6.45) is 5.57. The third-order valence-corrected chi connectivity index (χ3v) is 6.55. The van der Waals surface area contributed by atoms with Gasteiger partial charge in [0, 0.05) is 29.2 Å². The number of hydrogen-bond donors (Lipinski definition) is 3. The molecule has 4 heteroatoms. The molecular formula is C26H36O4. The molecule has 3 N–H and O–H groups in total. The summed E-state index contributed by atoms with van der Waals surface area (Å²) in [5.74, 6) is 1.13. The number of fused-ring (bicyclic) bond motifs is 1. The molecule has 0 spiro atoms. The Bertz CT molecular complexity index is 902. The van der Waals surface area contributed by atoms with Crippen LogP contribution in [0, 0.1) is 0 Å². The highest BCUT2D eigenvalue weighted by molar-refractivity contribution is 5.52. The summed E-state index contributed by atoms with van der Waals surface area (Å²) >= 11 is 0. The first-order chi connectivity index (χ1) is 14.1. The lowest BCUT2D eigenvalue weighted by Gasteiger charge is -2.48. The number of benzene rings is 2. The number of hydrogen-bond acceptors (Lipinski definition) is 4. The normalized spacial score (nSPS) is 21.0. The molecule has 0 saturated carbocycles. The van der Waals surface area contributed by atoms with Crippen LogP contribution in [0.1, 0.15) is 89.3 Å². The lowest BCUT2D eigenvalue weighted by molar-refractivity contribution is 0.00665. The molecule has 1 heterocycles. The van der Waals surface area contributed by atoms with E-state index in [4.69, 9.17) is 4.74 Å². The Labute approximate surface area is 180 Å². The second-order valence-corrected chi connectivity index (χ2v) is 9.64. The molecule has 0 saturated heterocycles. The maximum Gasteiger partial charge on any atom is 0.127 e. The molecule has 3 rings (SSSR count). The summed E-state index contributed by atoms with van der Waals surface area (Å²) in [4.78, 5) is 0. The highest BCUT2D eigenvalue weighted by Gasteiger charge is 2.47. The molecule has 0 amide bonds. The minimum absolute atomic E-state index is 0.0440. The number of rotatable bonds is 7. The van der Waals surface area contributed by atoms with Gasteiger partial charge in [-0.3, -0.25) is 0 Å². The van der Waals surface area contributed by atoms with Crippen LogP contribution in [-0.2, 0) is 11.8 Å². The quantitative estimate of drug-likeness (QED) is 0.482. The van der Waals surface area contributed by atoms with E-state index in [0.717, 1.165) is 61.0 Å². The Morgan fingerprint density at radius 2 is 1.70 bits per heavy atom. The lowest BCUT2D eigenvalue weighted by atomic mass is 9.66. The maximum absolute atomic E-state index is 10.6. The van der Waals surface area contributed by atoms with Crippen LogP contribution in [-0.4, -0.2) is 20.9 Å². The van der Waals surface area contributed by atoms with E-state index in [1.165, 1.54) is 6.07 Å². The molecule has 0 aromatic heterocycles. The van der Waals surface area contributed by atoms with E-state index in [-0.39, 0.29) is 22.8 Å². The molecule has 0 bridgehead atoms. The second kappa shape index (κ2) is 8.41. The van der Waals surface area contributed by atoms with Crippen molar-refractivity contribution in [2.45, 2.75) is 90.1 Å². The van der Waals surface area contributed by atoms with Crippen LogP contribution in [0.25, 0.3) is 0 Å². The van der Waals surface area contributed by atoms with Gasteiger partial charge >= 0.3 is 0 Å². The van der Waals surface area contributed by atoms with Crippen molar-refractivity contribution in [3.8, 4) is 23.0 Å². The molecule has 1 aliphatic heterocycles. The van der Waals surface area contributed by atoms with Crippen molar-refractivity contribution < 1.29 is 20.1 Å². The Kier molecular flexibility index (Phi) is 6.26. The van der Waals surface area contributed by atoms with Gasteiger partial charge in [-0.05, 0) is 55.7 Å². The number of phenolic OH excluding ortho intramolecular Hbond substituents is 3. The van der Waals surface area contributed by atoms with E-state index in [1.807, 2.05) is 0 Å². The largest absolute Gasteiger partial charge is 0.508 e. The summed E-state index contributed by atoms with van der Waals surface area (Å²) < 4.78 is 6.62. The minimum atomic E-state index is -0.557. The van der Waals surface area contributed by atoms with Crippen LogP contribution in [0.3, 0.4) is 0 Å². The molecule has 0 aliphatic carbocycles. The second-order valence-electron chi connectivity index (χ2n) is 9.64. The van der Waals surface area contributed by atoms with Crippen molar-refractivity contribution in [3.63, 3.8) is 0 Å². The summed E-state index contributed by atoms with van der Waals surface area (Å²) in [6.45, 7) is 10.8. The first kappa shape index (κ1) is 22.3. The van der Waals surface area contributed by atoms with Gasteiger partial charge in [0.05, 0.1) is 0 Å². The Morgan fingerprint density at radius 1 is 0.967 bits per heavy atom. The zero-order valence-corrected chi connectivity index (χ0v) is 19.0. The first-order valence-corrected chi connectivity index (χ1v) is 11.2. The van der Waals surface area contributed by atoms with Crippen molar-refractivity contribution in [2.24, 2.45) is 0 Å². The van der Waals surface area contributed by atoms with Crippen LogP contribution >= 0.6 is 0 Å². The monoisotopic (exact) mass is 412 g/mol. The standard InChI is InChI=1S/C26H36O4/c1-6-8-10-17-13-21-24(15-22(17)28)30-26(5,16-25(21,3)4)20(9-7-2)19-12-11-18(27)14-23(19)29/h11-15,20,27-29H,6-10,16H2,1-5H3. The van der Waals surface area contributed by atoms with Crippen LogP contribution in [0.4, 0.5) is 0 Å². The Balaban J connectivity index is 2.05. The molecule has 164 valence electrons. The van der Waals surface area contributed by atoms with Crippen molar-refractivity contribution in [3.05, 3.63) is 47.0 Å². The molecule has 0 radical (unpaired) electrons. The van der Waals surface area contributed by atoms with Gasteiger partial charge in [0.25, 0.3) is 0 Å². The van der Waals surface area contributed by atoms with Crippen molar-refractivity contribution in [2.75, 3.05) is 0 Å². The zero-order valence-electron chi connectivity index (χ0n) is 19.0. The number of aryl methyl sites for hydroxylation is 1. The fourth-order valence-corrected chi connectivity index (χ4v) is 5.15. The summed E-state index contributed by atoms with van der Waals surface area (Å²) in [5.41, 5.74) is 2.21. The average Bonchev–Trinajstić information content (AvgIpc) is 2.64. The van der Waals surface area contributed by atoms with Crippen molar-refractivity contribution >= 4 is 0 Å². The van der Waals surface area contributed by atoms with Gasteiger partial charge in [-0.2, -0.15) is 0 Å². The topological polar surface area (TPSA) is 69.9 Å². The van der Waals surface area contributed by atoms with Gasteiger partial charge in [-0.1, -0.05) is 46.6 Å². The average molecular weight is 413 g/mol. The van der Waals surface area contributed by atoms with Gasteiger partial charge in [0.2, 0.25) is 0 Å². The molecule has 2 atom stereocenters. The predicted molar refractivity (Wildman–Crippen MR) is 121 cm³/mol. The van der Waals surface area contributed by atoms with E-state index in [1.54, 1.807) is 18.2 Å². The van der Waals surface area contributed by atoms with Gasteiger partial charge in [-0.15, -0.1) is 0 Å². The Morgan fingerprint density at radius 3 is 2.33 bits per heavy atom. The third-order valence-electron chi connectivity index (χ3n) is 6.55. The molecular weight excluding hydrogens is 376 g/mol. The maximum atomic E-state index is 10.6. The van der Waals surface area contributed by atoms with E-state index in [0.29, 0.717) is 5.75 Å². The molecule has 1 aliphatic rings. The van der Waals surface area contributed by atoms with E-state index < -0.39 is 5.60 Å². The Hall–Kier alpha value is -2.36. The third kappa shape index (κ3) is 4.23. The number of ether oxygens (including phenoxy) is 1. The molecule has 0 fully saturated rings. The fourth-order valence-electron chi connectivity index (χ4n) is 5.15. The van der Waals surface area contributed by atoms with Gasteiger partial charge in [-0.25, -0.2) is 0 Å². The molecule has 2 unspecified atom stereocenters. The van der Waals surface area contributed by atoms with Crippen molar-refractivity contribution in [1.29, 1.82) is 0 Å². The van der Waals surface area contributed by atoms with Gasteiger partial charge < -0.3 is 20.1 Å². The zero-order chi connectivity index (χ0) is 22.1. The number of phenols is 3. The van der Waals surface area contributed by atoms with Gasteiger partial charge in [0.15, 0.2) is 0 Å². The van der Waals surface area contributed by atoms with Crippen molar-refractivity contribution in [1.82, 2.24) is 0 Å². The van der Waals surface area contributed by atoms with Crippen LogP contribution in [0.2, 0.25) is 0 Å². The van der Waals surface area contributed by atoms with Crippen LogP contribution in [0.15, 0.2) is 30.3 Å². The highest BCUT2D eigenvalue weighted by atomic mass is 16.5. The lowest BCUT2D eigenvalue weighted by Crippen LogP contribution is -2.48. The molecule has 4 nitrogen and oxygen atoms in total. The van der Waals surface area contributed by atoms with Crippen LogP contribution < -0.4 is 4.74 Å². The highest BCUT2D eigenvalue weighted by Crippen LogP contribution is 2.53. The van der Waals surface area contributed by atoms with E-state index in [9.17, 15) is 15.3 Å². The first-order valence-electron chi connectivity index (χ1n) is 11.2. The molecule has 2 aromatic carbocycles. The minimum Gasteiger partial charge on any atom is -0.508 e. The fraction of sp³-hybridized carbons (Fsp3) is 0.538. The molecule has 30 heavy (non-hydrogen) atoms. The summed E-state index contributed by atoms with van der Waals surface area (Å²) in [5, 5.41) is 30.9. The van der Waals surface area contributed by atoms with Gasteiger partial charge in [0.1, 0.15) is 28.6 Å². The summed E-state index contributed by atoms with van der Waals surface area (Å²) in [6, 6.07) is 8.71. The van der Waals surface area contributed by atoms with Crippen LogP contribution in [0.5, 0.6) is 23.0 Å². The molecule has 2 aromatic rings. The summed E-state index contributed by atoms with van der Waals surface area (Å²) in [7, 11) is 0. The van der Waals surface area contributed by atoms with E-state index in [2.05, 4.69) is 40.7 Å².